The van der Waals surface area contributed by atoms with Crippen LogP contribution in [0.3, 0.4) is 0 Å². The quantitative estimate of drug-likeness (QED) is 0.506. The van der Waals surface area contributed by atoms with E-state index in [1.807, 2.05) is 19.9 Å². The van der Waals surface area contributed by atoms with E-state index in [9.17, 15) is 13.2 Å². The van der Waals surface area contributed by atoms with E-state index < -0.39 is 11.9 Å². The van der Waals surface area contributed by atoms with E-state index in [4.69, 9.17) is 4.52 Å². The van der Waals surface area contributed by atoms with E-state index in [0.29, 0.717) is 22.8 Å². The van der Waals surface area contributed by atoms with Crippen molar-refractivity contribution in [3.05, 3.63) is 65.6 Å². The standard InChI is InChI=1S/C20H15F3N6O/c1-11-6-7-15(25-12(11)2)17-28-18(30-29-17)13-4-3-5-14(10-13)26-19-24-9-8-16(27-19)20(21,22)23/h3-10H,1-2H3,(H,24,26,27). The van der Waals surface area contributed by atoms with Crippen LogP contribution < -0.4 is 5.32 Å². The molecule has 7 nitrogen and oxygen atoms in total. The Morgan fingerprint density at radius 3 is 2.57 bits per heavy atom. The van der Waals surface area contributed by atoms with Crippen LogP contribution >= 0.6 is 0 Å². The van der Waals surface area contributed by atoms with Crippen LogP contribution in [0.25, 0.3) is 23.0 Å². The molecular formula is C20H15F3N6O. The predicted molar refractivity (Wildman–Crippen MR) is 103 cm³/mol. The first kappa shape index (κ1) is 19.5. The van der Waals surface area contributed by atoms with Crippen molar-refractivity contribution in [3.8, 4) is 23.0 Å². The fourth-order valence-corrected chi connectivity index (χ4v) is 2.64. The number of aryl methyl sites for hydroxylation is 2. The van der Waals surface area contributed by atoms with Crippen LogP contribution in [0.15, 0.2) is 53.2 Å². The Hall–Kier alpha value is -3.82. The molecule has 3 heterocycles. The number of rotatable bonds is 4. The van der Waals surface area contributed by atoms with Crippen LogP contribution in [0.2, 0.25) is 0 Å². The molecule has 152 valence electrons. The maximum absolute atomic E-state index is 12.8. The summed E-state index contributed by atoms with van der Waals surface area (Å²) in [5.41, 5.74) is 2.52. The van der Waals surface area contributed by atoms with E-state index in [0.717, 1.165) is 23.5 Å². The number of pyridine rings is 1. The molecule has 0 amide bonds. The lowest BCUT2D eigenvalue weighted by molar-refractivity contribution is -0.141. The van der Waals surface area contributed by atoms with Crippen molar-refractivity contribution < 1.29 is 17.7 Å². The second kappa shape index (κ2) is 7.54. The van der Waals surface area contributed by atoms with Gasteiger partial charge in [-0.05, 0) is 49.7 Å². The summed E-state index contributed by atoms with van der Waals surface area (Å²) in [5, 5.41) is 6.72. The molecule has 0 saturated heterocycles. The third kappa shape index (κ3) is 4.12. The van der Waals surface area contributed by atoms with Crippen LogP contribution in [-0.2, 0) is 6.18 Å². The third-order valence-corrected chi connectivity index (χ3v) is 4.32. The van der Waals surface area contributed by atoms with E-state index in [1.54, 1.807) is 30.3 Å². The minimum Gasteiger partial charge on any atom is -0.334 e. The van der Waals surface area contributed by atoms with Crippen molar-refractivity contribution in [1.29, 1.82) is 0 Å². The highest BCUT2D eigenvalue weighted by Crippen LogP contribution is 2.29. The number of benzene rings is 1. The lowest BCUT2D eigenvalue weighted by Crippen LogP contribution is -2.10. The van der Waals surface area contributed by atoms with E-state index in [1.165, 1.54) is 0 Å². The zero-order valence-corrected chi connectivity index (χ0v) is 15.9. The number of nitrogens with zero attached hydrogens (tertiary/aromatic N) is 5. The number of halogens is 3. The van der Waals surface area contributed by atoms with Gasteiger partial charge in [0.15, 0.2) is 0 Å². The number of anilines is 2. The molecule has 0 aliphatic heterocycles. The smallest absolute Gasteiger partial charge is 0.334 e. The predicted octanol–water partition coefficient (Wildman–Crippen LogP) is 4.97. The number of nitrogens with one attached hydrogen (secondary N) is 1. The summed E-state index contributed by atoms with van der Waals surface area (Å²) >= 11 is 0. The van der Waals surface area contributed by atoms with Crippen LogP contribution in [-0.4, -0.2) is 25.1 Å². The summed E-state index contributed by atoms with van der Waals surface area (Å²) in [7, 11) is 0. The van der Waals surface area contributed by atoms with E-state index in [-0.39, 0.29) is 11.8 Å². The molecule has 4 aromatic rings. The van der Waals surface area contributed by atoms with Crippen molar-refractivity contribution in [2.45, 2.75) is 20.0 Å². The Balaban J connectivity index is 1.59. The van der Waals surface area contributed by atoms with Crippen LogP contribution in [0, 0.1) is 13.8 Å². The fourth-order valence-electron chi connectivity index (χ4n) is 2.64. The maximum atomic E-state index is 12.8. The molecule has 1 N–H and O–H groups in total. The fraction of sp³-hybridized carbons (Fsp3) is 0.150. The molecule has 0 atom stereocenters. The second-order valence-electron chi connectivity index (χ2n) is 6.49. The molecule has 3 aromatic heterocycles. The summed E-state index contributed by atoms with van der Waals surface area (Å²) in [6.45, 7) is 3.85. The number of hydrogen-bond acceptors (Lipinski definition) is 7. The summed E-state index contributed by atoms with van der Waals surface area (Å²) in [6.07, 6.45) is -3.51. The zero-order valence-electron chi connectivity index (χ0n) is 15.9. The molecule has 0 fully saturated rings. The summed E-state index contributed by atoms with van der Waals surface area (Å²) in [5.74, 6) is 0.416. The Bertz CT molecular complexity index is 1210. The Morgan fingerprint density at radius 1 is 0.967 bits per heavy atom. The molecular weight excluding hydrogens is 397 g/mol. The van der Waals surface area contributed by atoms with Crippen LogP contribution in [0.5, 0.6) is 0 Å². The molecule has 0 saturated carbocycles. The molecule has 1 aromatic carbocycles. The average Bonchev–Trinajstić information content (AvgIpc) is 3.20. The van der Waals surface area contributed by atoms with Crippen molar-refractivity contribution in [1.82, 2.24) is 25.1 Å². The van der Waals surface area contributed by atoms with Gasteiger partial charge in [-0.15, -0.1) is 0 Å². The molecule has 0 aliphatic rings. The molecule has 4 rings (SSSR count). The van der Waals surface area contributed by atoms with Gasteiger partial charge >= 0.3 is 6.18 Å². The van der Waals surface area contributed by atoms with Crippen molar-refractivity contribution in [2.75, 3.05) is 5.32 Å². The first-order chi connectivity index (χ1) is 14.3. The van der Waals surface area contributed by atoms with Crippen molar-refractivity contribution in [2.24, 2.45) is 0 Å². The largest absolute Gasteiger partial charge is 0.433 e. The first-order valence-electron chi connectivity index (χ1n) is 8.85. The zero-order chi connectivity index (χ0) is 21.3. The molecule has 30 heavy (non-hydrogen) atoms. The Labute approximate surface area is 169 Å². The van der Waals surface area contributed by atoms with Gasteiger partial charge in [0.05, 0.1) is 0 Å². The van der Waals surface area contributed by atoms with Gasteiger partial charge in [-0.25, -0.2) is 15.0 Å². The number of hydrogen-bond donors (Lipinski definition) is 1. The number of alkyl halides is 3. The lowest BCUT2D eigenvalue weighted by atomic mass is 10.2. The van der Waals surface area contributed by atoms with Gasteiger partial charge in [0.2, 0.25) is 11.8 Å². The molecule has 0 bridgehead atoms. The van der Waals surface area contributed by atoms with E-state index >= 15 is 0 Å². The molecule has 0 radical (unpaired) electrons. The summed E-state index contributed by atoms with van der Waals surface area (Å²) < 4.78 is 43.8. The van der Waals surface area contributed by atoms with Crippen molar-refractivity contribution in [3.63, 3.8) is 0 Å². The minimum absolute atomic E-state index is 0.174. The average molecular weight is 412 g/mol. The number of aromatic nitrogens is 5. The highest BCUT2D eigenvalue weighted by molar-refractivity contribution is 5.65. The van der Waals surface area contributed by atoms with Gasteiger partial charge in [0.25, 0.3) is 5.89 Å². The molecule has 0 aliphatic carbocycles. The summed E-state index contributed by atoms with van der Waals surface area (Å²) in [4.78, 5) is 16.1. The Morgan fingerprint density at radius 2 is 1.80 bits per heavy atom. The van der Waals surface area contributed by atoms with Crippen molar-refractivity contribution >= 4 is 11.6 Å². The molecule has 10 heteroatoms. The third-order valence-electron chi connectivity index (χ3n) is 4.32. The van der Waals surface area contributed by atoms with Crippen LogP contribution in [0.1, 0.15) is 17.0 Å². The SMILES string of the molecule is Cc1ccc(-c2noc(-c3cccc(Nc4nccc(C(F)(F)F)n4)c3)n2)nc1C. The van der Waals surface area contributed by atoms with Crippen LogP contribution in [0.4, 0.5) is 24.8 Å². The maximum Gasteiger partial charge on any atom is 0.433 e. The molecule has 0 spiro atoms. The van der Waals surface area contributed by atoms with E-state index in [2.05, 4.69) is 30.4 Å². The molecule has 0 unspecified atom stereocenters. The van der Waals surface area contributed by atoms with Gasteiger partial charge < -0.3 is 9.84 Å². The topological polar surface area (TPSA) is 89.6 Å². The lowest BCUT2D eigenvalue weighted by Gasteiger charge is -2.09. The highest BCUT2D eigenvalue weighted by atomic mass is 19.4. The first-order valence-corrected chi connectivity index (χ1v) is 8.85. The van der Waals surface area contributed by atoms with Gasteiger partial charge in [0, 0.05) is 23.1 Å². The second-order valence-corrected chi connectivity index (χ2v) is 6.49. The van der Waals surface area contributed by atoms with Gasteiger partial charge in [-0.2, -0.15) is 18.2 Å². The highest BCUT2D eigenvalue weighted by Gasteiger charge is 2.32. The minimum atomic E-state index is -4.55. The summed E-state index contributed by atoms with van der Waals surface area (Å²) in [6, 6.07) is 11.3. The monoisotopic (exact) mass is 412 g/mol. The normalized spacial score (nSPS) is 11.5. The van der Waals surface area contributed by atoms with Gasteiger partial charge in [0.1, 0.15) is 11.4 Å². The van der Waals surface area contributed by atoms with Gasteiger partial charge in [-0.1, -0.05) is 17.3 Å². The Kier molecular flexibility index (Phi) is 4.90. The van der Waals surface area contributed by atoms with Gasteiger partial charge in [-0.3, -0.25) is 0 Å².